The summed E-state index contributed by atoms with van der Waals surface area (Å²) in [5, 5.41) is 0. The number of likely N-dealkylation sites (N-methyl/N-ethyl adjacent to an activating group) is 1. The highest BCUT2D eigenvalue weighted by Crippen LogP contribution is 2.24. The van der Waals surface area contributed by atoms with Crippen molar-refractivity contribution in [1.29, 1.82) is 0 Å². The normalized spacial score (nSPS) is 14.4. The molecule has 2 unspecified atom stereocenters. The first-order valence-electron chi connectivity index (χ1n) is 6.77. The van der Waals surface area contributed by atoms with E-state index in [0.717, 1.165) is 11.5 Å². The van der Waals surface area contributed by atoms with E-state index >= 15 is 0 Å². The molecule has 2 atom stereocenters. The lowest BCUT2D eigenvalue weighted by atomic mass is 10.0. The number of hydrogen-bond donors (Lipinski definition) is 1. The largest absolute Gasteiger partial charge is 0.494 e. The lowest BCUT2D eigenvalue weighted by molar-refractivity contribution is 0.204. The summed E-state index contributed by atoms with van der Waals surface area (Å²) in [6, 6.07) is 9.00. The topological polar surface area (TPSA) is 38.5 Å². The maximum atomic E-state index is 5.97. The molecule has 0 aliphatic rings. The van der Waals surface area contributed by atoms with Crippen LogP contribution in [0, 0.1) is 0 Å². The first-order chi connectivity index (χ1) is 9.13. The van der Waals surface area contributed by atoms with E-state index in [2.05, 4.69) is 37.3 Å². The molecular formula is C15H26N2OS. The molecule has 2 N–H and O–H groups in total. The molecule has 3 nitrogen and oxygen atoms in total. The summed E-state index contributed by atoms with van der Waals surface area (Å²) in [6.07, 6.45) is 2.14. The van der Waals surface area contributed by atoms with Crippen molar-refractivity contribution >= 4 is 11.8 Å². The highest BCUT2D eigenvalue weighted by atomic mass is 32.2. The summed E-state index contributed by atoms with van der Waals surface area (Å²) >= 11 is 1.87. The van der Waals surface area contributed by atoms with E-state index in [1.54, 1.807) is 0 Å². The maximum Gasteiger partial charge on any atom is 0.119 e. The summed E-state index contributed by atoms with van der Waals surface area (Å²) < 4.78 is 5.57. The molecule has 0 radical (unpaired) electrons. The van der Waals surface area contributed by atoms with Crippen LogP contribution >= 0.6 is 11.8 Å². The molecule has 0 aliphatic carbocycles. The lowest BCUT2D eigenvalue weighted by Gasteiger charge is -2.32. The van der Waals surface area contributed by atoms with Gasteiger partial charge in [-0.15, -0.1) is 0 Å². The third kappa shape index (κ3) is 4.71. The number of thioether (sulfide) groups is 1. The van der Waals surface area contributed by atoms with Crippen molar-refractivity contribution in [2.45, 2.75) is 25.9 Å². The van der Waals surface area contributed by atoms with Crippen molar-refractivity contribution in [3.63, 3.8) is 0 Å². The summed E-state index contributed by atoms with van der Waals surface area (Å²) in [5.74, 6) is 2.03. The molecule has 1 aromatic rings. The van der Waals surface area contributed by atoms with Gasteiger partial charge >= 0.3 is 0 Å². The van der Waals surface area contributed by atoms with Gasteiger partial charge in [-0.05, 0) is 44.8 Å². The molecule has 0 amide bonds. The first-order valence-corrected chi connectivity index (χ1v) is 8.17. The fourth-order valence-electron chi connectivity index (χ4n) is 2.18. The van der Waals surface area contributed by atoms with Crippen LogP contribution in [0.2, 0.25) is 0 Å². The maximum absolute atomic E-state index is 5.97. The van der Waals surface area contributed by atoms with Gasteiger partial charge in [0.2, 0.25) is 0 Å². The number of nitrogens with zero attached hydrogens (tertiary/aromatic N) is 1. The fourth-order valence-corrected chi connectivity index (χ4v) is 2.90. The number of rotatable bonds is 8. The molecule has 4 heteroatoms. The van der Waals surface area contributed by atoms with Gasteiger partial charge in [0.25, 0.3) is 0 Å². The number of benzene rings is 1. The average molecular weight is 282 g/mol. The highest BCUT2D eigenvalue weighted by molar-refractivity contribution is 7.98. The second-order valence-electron chi connectivity index (χ2n) is 4.73. The van der Waals surface area contributed by atoms with Crippen LogP contribution in [0.25, 0.3) is 0 Å². The summed E-state index contributed by atoms with van der Waals surface area (Å²) in [6.45, 7) is 5.55. The van der Waals surface area contributed by atoms with Crippen molar-refractivity contribution in [2.24, 2.45) is 5.73 Å². The zero-order valence-corrected chi connectivity index (χ0v) is 13.2. The number of hydrogen-bond acceptors (Lipinski definition) is 4. The third-order valence-corrected chi connectivity index (χ3v) is 4.19. The van der Waals surface area contributed by atoms with Crippen molar-refractivity contribution in [2.75, 3.05) is 32.2 Å². The average Bonchev–Trinajstić information content (AvgIpc) is 2.40. The van der Waals surface area contributed by atoms with Crippen LogP contribution in [0.5, 0.6) is 5.75 Å². The van der Waals surface area contributed by atoms with E-state index in [0.29, 0.717) is 19.2 Å². The second-order valence-corrected chi connectivity index (χ2v) is 5.64. The lowest BCUT2D eigenvalue weighted by Crippen LogP contribution is -2.38. The Morgan fingerprint density at radius 3 is 2.74 bits per heavy atom. The van der Waals surface area contributed by atoms with Gasteiger partial charge < -0.3 is 10.5 Å². The minimum absolute atomic E-state index is 0.238. The molecule has 108 valence electrons. The van der Waals surface area contributed by atoms with Gasteiger partial charge in [0.1, 0.15) is 5.75 Å². The Kier molecular flexibility index (Phi) is 7.28. The monoisotopic (exact) mass is 282 g/mol. The molecule has 1 aromatic carbocycles. The molecule has 0 aliphatic heterocycles. The Hall–Kier alpha value is -0.710. The molecule has 0 saturated heterocycles. The molecule has 1 rings (SSSR count). The Morgan fingerprint density at radius 2 is 2.16 bits per heavy atom. The van der Waals surface area contributed by atoms with Gasteiger partial charge in [-0.3, -0.25) is 4.90 Å². The molecule has 0 saturated carbocycles. The number of nitrogens with two attached hydrogens (primary N) is 1. The summed E-state index contributed by atoms with van der Waals surface area (Å²) in [5.41, 5.74) is 7.20. The van der Waals surface area contributed by atoms with Crippen molar-refractivity contribution < 1.29 is 4.74 Å². The highest BCUT2D eigenvalue weighted by Gasteiger charge is 2.20. The first kappa shape index (κ1) is 16.3. The van der Waals surface area contributed by atoms with Crippen LogP contribution in [0.4, 0.5) is 0 Å². The van der Waals surface area contributed by atoms with Gasteiger partial charge in [-0.1, -0.05) is 12.1 Å². The van der Waals surface area contributed by atoms with E-state index in [1.165, 1.54) is 5.56 Å². The van der Waals surface area contributed by atoms with E-state index < -0.39 is 0 Å². The van der Waals surface area contributed by atoms with Gasteiger partial charge in [0, 0.05) is 24.4 Å². The third-order valence-electron chi connectivity index (χ3n) is 3.37. The van der Waals surface area contributed by atoms with Crippen LogP contribution < -0.4 is 10.5 Å². The Morgan fingerprint density at radius 1 is 1.42 bits per heavy atom. The van der Waals surface area contributed by atoms with Crippen LogP contribution in [0.3, 0.4) is 0 Å². The fraction of sp³-hybridized carbons (Fsp3) is 0.600. The Balaban J connectivity index is 2.86. The van der Waals surface area contributed by atoms with Crippen LogP contribution in [-0.2, 0) is 0 Å². The molecular weight excluding hydrogens is 256 g/mol. The second kappa shape index (κ2) is 8.46. The summed E-state index contributed by atoms with van der Waals surface area (Å²) in [7, 11) is 2.14. The molecule has 0 fully saturated rings. The summed E-state index contributed by atoms with van der Waals surface area (Å²) in [4.78, 5) is 2.35. The molecule has 0 aromatic heterocycles. The Labute approximate surface area is 121 Å². The van der Waals surface area contributed by atoms with E-state index in [1.807, 2.05) is 30.8 Å². The van der Waals surface area contributed by atoms with E-state index in [-0.39, 0.29) is 6.04 Å². The Bertz CT molecular complexity index is 373. The number of ether oxygens (including phenoxy) is 1. The zero-order chi connectivity index (χ0) is 14.3. The van der Waals surface area contributed by atoms with Gasteiger partial charge in [0.15, 0.2) is 0 Å². The predicted octanol–water partition coefficient (Wildman–Crippen LogP) is 2.77. The van der Waals surface area contributed by atoms with Crippen LogP contribution in [0.1, 0.15) is 25.5 Å². The predicted molar refractivity (Wildman–Crippen MR) is 85.0 cm³/mol. The van der Waals surface area contributed by atoms with Crippen LogP contribution in [-0.4, -0.2) is 43.1 Å². The quantitative estimate of drug-likeness (QED) is 0.796. The molecule has 0 spiro atoms. The zero-order valence-electron chi connectivity index (χ0n) is 12.4. The van der Waals surface area contributed by atoms with Gasteiger partial charge in [-0.25, -0.2) is 0 Å². The molecule has 0 heterocycles. The van der Waals surface area contributed by atoms with E-state index in [9.17, 15) is 0 Å². The van der Waals surface area contributed by atoms with Crippen molar-refractivity contribution in [1.82, 2.24) is 4.90 Å². The van der Waals surface area contributed by atoms with E-state index in [4.69, 9.17) is 10.5 Å². The van der Waals surface area contributed by atoms with Gasteiger partial charge in [0.05, 0.1) is 6.61 Å². The SMILES string of the molecule is CCOc1cccc(C(CN)N(C)C(C)CSC)c1. The minimum atomic E-state index is 0.238. The smallest absolute Gasteiger partial charge is 0.119 e. The van der Waals surface area contributed by atoms with Crippen molar-refractivity contribution in [3.8, 4) is 5.75 Å². The minimum Gasteiger partial charge on any atom is -0.494 e. The van der Waals surface area contributed by atoms with Crippen LogP contribution in [0.15, 0.2) is 24.3 Å². The van der Waals surface area contributed by atoms with Gasteiger partial charge in [-0.2, -0.15) is 11.8 Å². The molecule has 0 bridgehead atoms. The van der Waals surface area contributed by atoms with Crippen molar-refractivity contribution in [3.05, 3.63) is 29.8 Å². The standard InChI is InChI=1S/C15H26N2OS/c1-5-18-14-8-6-7-13(9-14)15(10-16)17(3)12(2)11-19-4/h6-9,12,15H,5,10-11,16H2,1-4H3. The molecule has 19 heavy (non-hydrogen) atoms.